The molecule has 8 heteroatoms. The van der Waals surface area contributed by atoms with Gasteiger partial charge in [0.05, 0.1) is 3.57 Å². The molecule has 15 heavy (non-hydrogen) atoms. The first-order valence-electron chi connectivity index (χ1n) is 3.62. The first-order valence-corrected chi connectivity index (χ1v) is 8.07. The molecule has 4 N–H and O–H groups in total. The van der Waals surface area contributed by atoms with Crippen molar-refractivity contribution in [2.45, 2.75) is 6.92 Å². The Morgan fingerprint density at radius 1 is 1.07 bits per heavy atom. The Morgan fingerprint density at radius 3 is 1.67 bits per heavy atom. The van der Waals surface area contributed by atoms with Crippen molar-refractivity contribution in [3.63, 3.8) is 0 Å². The molecule has 86 valence electrons. The minimum absolute atomic E-state index is 0.467. The highest BCUT2D eigenvalue weighted by Gasteiger charge is 1.94. The second-order valence-electron chi connectivity index (χ2n) is 2.60. The lowest BCUT2D eigenvalue weighted by atomic mass is 10.2. The van der Waals surface area contributed by atoms with Gasteiger partial charge in [0.2, 0.25) is 0 Å². The number of benzene rings is 1. The van der Waals surface area contributed by atoms with Gasteiger partial charge in [-0.2, -0.15) is 8.42 Å². The predicted molar refractivity (Wildman–Crippen MR) is 62.6 cm³/mol. The number of halogens is 1. The summed E-state index contributed by atoms with van der Waals surface area (Å²) >= 11 is -3.20. The fourth-order valence-corrected chi connectivity index (χ4v) is 1.58. The van der Waals surface area contributed by atoms with Gasteiger partial charge in [-0.25, -0.2) is 16.4 Å². The molecular weight excluding hydrogens is 335 g/mol. The fraction of sp³-hybridized carbons (Fsp3) is 0.143. The third-order valence-electron chi connectivity index (χ3n) is 1.19. The van der Waals surface area contributed by atoms with E-state index in [1.807, 2.05) is 6.92 Å². The van der Waals surface area contributed by atoms with Gasteiger partial charge in [0.15, 0.2) is 0 Å². The standard InChI is InChI=1S/C7H7IO2.H4N2O2S/c1-6-2-4-7(5-3-6)8(9)10;1-5(2,3)4/h2-5H,1H3;(H4,1,2,3,4). The van der Waals surface area contributed by atoms with Gasteiger partial charge in [0.25, 0.3) is 10.2 Å². The Bertz CT molecular complexity index is 462. The Hall–Kier alpha value is -0.580. The van der Waals surface area contributed by atoms with Gasteiger partial charge >= 0.3 is 19.8 Å². The van der Waals surface area contributed by atoms with E-state index < -0.39 is 30.0 Å². The van der Waals surface area contributed by atoms with E-state index in [1.165, 1.54) is 0 Å². The Morgan fingerprint density at radius 2 is 1.40 bits per heavy atom. The molecule has 0 aliphatic rings. The summed E-state index contributed by atoms with van der Waals surface area (Å²) < 4.78 is 39.7. The van der Waals surface area contributed by atoms with Crippen molar-refractivity contribution in [3.05, 3.63) is 33.4 Å². The zero-order valence-electron chi connectivity index (χ0n) is 7.88. The summed E-state index contributed by atoms with van der Waals surface area (Å²) in [5.74, 6) is 0. The molecule has 0 unspecified atom stereocenters. The van der Waals surface area contributed by atoms with Crippen molar-refractivity contribution in [2.75, 3.05) is 0 Å². The smallest absolute Gasteiger partial charge is 0.230 e. The molecule has 6 nitrogen and oxygen atoms in total. The molecule has 0 saturated carbocycles. The Kier molecular flexibility index (Phi) is 5.87. The van der Waals surface area contributed by atoms with E-state index >= 15 is 0 Å². The van der Waals surface area contributed by atoms with E-state index in [4.69, 9.17) is 0 Å². The van der Waals surface area contributed by atoms with E-state index in [2.05, 4.69) is 10.3 Å². The number of rotatable bonds is 1. The minimum atomic E-state index is -3.67. The monoisotopic (exact) mass is 346 g/mol. The number of nitrogens with two attached hydrogens (primary N) is 2. The largest absolute Gasteiger partial charge is 0.340 e. The second-order valence-corrected chi connectivity index (χ2v) is 6.27. The molecule has 0 amide bonds. The van der Waals surface area contributed by atoms with E-state index in [9.17, 15) is 14.6 Å². The molecule has 1 aromatic carbocycles. The minimum Gasteiger partial charge on any atom is -0.230 e. The van der Waals surface area contributed by atoms with Gasteiger partial charge < -0.3 is 0 Å². The van der Waals surface area contributed by atoms with Crippen molar-refractivity contribution >= 4 is 30.0 Å². The lowest BCUT2D eigenvalue weighted by Gasteiger charge is -1.88. The van der Waals surface area contributed by atoms with Crippen LogP contribution in [0.2, 0.25) is 0 Å². The van der Waals surface area contributed by atoms with Crippen LogP contribution >= 0.6 is 19.8 Å². The fourth-order valence-electron chi connectivity index (χ4n) is 0.636. The normalized spacial score (nSPS) is 10.7. The summed E-state index contributed by atoms with van der Waals surface area (Å²) in [6.45, 7) is 1.93. The van der Waals surface area contributed by atoms with Gasteiger partial charge in [-0.1, -0.05) is 17.7 Å². The van der Waals surface area contributed by atoms with Gasteiger partial charge in [0, 0.05) is 0 Å². The van der Waals surface area contributed by atoms with Crippen LogP contribution in [-0.4, -0.2) is 8.42 Å². The molecular formula is C7H11IN2O4S. The van der Waals surface area contributed by atoms with Crippen molar-refractivity contribution in [3.8, 4) is 0 Å². The summed E-state index contributed by atoms with van der Waals surface area (Å²) in [5.41, 5.74) is 1.08. The van der Waals surface area contributed by atoms with Crippen LogP contribution in [0.5, 0.6) is 0 Å². The van der Waals surface area contributed by atoms with Crippen LogP contribution in [0.3, 0.4) is 0 Å². The Labute approximate surface area is 95.0 Å². The van der Waals surface area contributed by atoms with Crippen LogP contribution in [0.4, 0.5) is 0 Å². The quantitative estimate of drug-likeness (QED) is 0.720. The first kappa shape index (κ1) is 14.4. The second kappa shape index (κ2) is 6.10. The van der Waals surface area contributed by atoms with Gasteiger partial charge in [0.1, 0.15) is 0 Å². The maximum atomic E-state index is 10.4. The molecule has 0 aromatic heterocycles. The summed E-state index contributed by atoms with van der Waals surface area (Å²) in [6, 6.07) is 6.88. The molecule has 0 aliphatic carbocycles. The molecule has 0 saturated heterocycles. The van der Waals surface area contributed by atoms with E-state index in [1.54, 1.807) is 24.3 Å². The van der Waals surface area contributed by atoms with Crippen LogP contribution in [0.15, 0.2) is 24.3 Å². The summed E-state index contributed by atoms with van der Waals surface area (Å²) in [5, 5.41) is 8.21. The summed E-state index contributed by atoms with van der Waals surface area (Å²) in [6.07, 6.45) is 0. The van der Waals surface area contributed by atoms with Gasteiger partial charge in [-0.15, -0.1) is 0 Å². The van der Waals surface area contributed by atoms with Crippen LogP contribution in [0.25, 0.3) is 0 Å². The number of hydrogen-bond donors (Lipinski definition) is 2. The highest BCUT2D eigenvalue weighted by atomic mass is 127. The van der Waals surface area contributed by atoms with Crippen LogP contribution in [0, 0.1) is 10.5 Å². The van der Waals surface area contributed by atoms with Gasteiger partial charge in [-0.3, -0.25) is 0 Å². The lowest BCUT2D eigenvalue weighted by molar-refractivity contribution is 0.599. The maximum Gasteiger partial charge on any atom is 0.340 e. The third-order valence-corrected chi connectivity index (χ3v) is 2.93. The SMILES string of the molecule is Cc1ccc(I(=O)=O)cc1.NS(N)(=O)=O. The van der Waals surface area contributed by atoms with E-state index in [0.29, 0.717) is 3.57 Å². The predicted octanol–water partition coefficient (Wildman–Crippen LogP) is 0.511. The molecule has 0 fully saturated rings. The molecule has 1 rings (SSSR count). The zero-order chi connectivity index (χ0) is 12.1. The van der Waals surface area contributed by atoms with Crippen molar-refractivity contribution in [1.82, 2.24) is 0 Å². The third kappa shape index (κ3) is 9.72. The zero-order valence-corrected chi connectivity index (χ0v) is 10.9. The molecule has 0 spiro atoms. The topological polar surface area (TPSA) is 120 Å². The molecule has 0 atom stereocenters. The lowest BCUT2D eigenvalue weighted by Crippen LogP contribution is -2.21. The average Bonchev–Trinajstić information content (AvgIpc) is 2.01. The van der Waals surface area contributed by atoms with Crippen molar-refractivity contribution in [2.24, 2.45) is 10.3 Å². The summed E-state index contributed by atoms with van der Waals surface area (Å²) in [4.78, 5) is 0. The maximum absolute atomic E-state index is 10.4. The summed E-state index contributed by atoms with van der Waals surface area (Å²) in [7, 11) is -3.67. The van der Waals surface area contributed by atoms with Crippen LogP contribution < -0.4 is 10.3 Å². The van der Waals surface area contributed by atoms with Crippen LogP contribution in [0.1, 0.15) is 5.56 Å². The molecule has 0 aliphatic heterocycles. The average molecular weight is 346 g/mol. The van der Waals surface area contributed by atoms with E-state index in [-0.39, 0.29) is 0 Å². The molecule has 0 heterocycles. The number of aryl methyl sites for hydroxylation is 1. The molecule has 0 radical (unpaired) electrons. The van der Waals surface area contributed by atoms with Gasteiger partial charge in [-0.05, 0) is 19.1 Å². The first-order chi connectivity index (χ1) is 6.70. The molecule has 0 bridgehead atoms. The molecule has 1 aromatic rings. The van der Waals surface area contributed by atoms with E-state index in [0.717, 1.165) is 5.56 Å². The van der Waals surface area contributed by atoms with Crippen molar-refractivity contribution < 1.29 is 14.6 Å². The highest BCUT2D eigenvalue weighted by molar-refractivity contribution is 14.2. The van der Waals surface area contributed by atoms with Crippen LogP contribution in [-0.2, 0) is 16.3 Å². The highest BCUT2D eigenvalue weighted by Crippen LogP contribution is 2.16. The Balaban J connectivity index is 0.000000336. The number of hydrogen-bond acceptors (Lipinski definition) is 4. The van der Waals surface area contributed by atoms with Crippen molar-refractivity contribution in [1.29, 1.82) is 0 Å².